The number of aryl methyl sites for hydroxylation is 1. The van der Waals surface area contributed by atoms with Crippen molar-refractivity contribution < 1.29 is 4.74 Å². The summed E-state index contributed by atoms with van der Waals surface area (Å²) in [7, 11) is 0. The predicted molar refractivity (Wildman–Crippen MR) is 84.2 cm³/mol. The van der Waals surface area contributed by atoms with E-state index in [1.165, 1.54) is 5.01 Å². The third kappa shape index (κ3) is 5.13. The molecule has 2 aromatic rings. The first kappa shape index (κ1) is 14.8. The van der Waals surface area contributed by atoms with Crippen molar-refractivity contribution in [1.29, 1.82) is 0 Å². The second-order valence-corrected chi connectivity index (χ2v) is 6.25. The van der Waals surface area contributed by atoms with Gasteiger partial charge < -0.3 is 4.74 Å². The second-order valence-electron chi connectivity index (χ2n) is 4.13. The van der Waals surface area contributed by atoms with Gasteiger partial charge in [-0.05, 0) is 43.5 Å². The molecule has 0 unspecified atom stereocenters. The Morgan fingerprint density at radius 2 is 2.00 bits per heavy atom. The lowest BCUT2D eigenvalue weighted by Gasteiger charge is -2.05. The molecule has 0 aliphatic carbocycles. The van der Waals surface area contributed by atoms with Gasteiger partial charge in [0.15, 0.2) is 0 Å². The average molecular weight is 361 g/mol. The summed E-state index contributed by atoms with van der Waals surface area (Å²) < 4.78 is 6.73. The van der Waals surface area contributed by atoms with Gasteiger partial charge in [0.1, 0.15) is 5.75 Å². The Hall–Kier alpha value is -0.580. The van der Waals surface area contributed by atoms with Crippen molar-refractivity contribution in [1.82, 2.24) is 4.98 Å². The zero-order chi connectivity index (χ0) is 13.5. The molecule has 0 aliphatic rings. The van der Waals surface area contributed by atoms with Gasteiger partial charge in [-0.3, -0.25) is 0 Å². The number of hydrogen-bond acceptors (Lipinski definition) is 3. The fourth-order valence-corrected chi connectivity index (χ4v) is 2.96. The summed E-state index contributed by atoms with van der Waals surface area (Å²) in [6.07, 6.45) is 3.13. The highest BCUT2D eigenvalue weighted by molar-refractivity contribution is 9.10. The van der Waals surface area contributed by atoms with Gasteiger partial charge in [0, 0.05) is 9.85 Å². The quantitative estimate of drug-likeness (QED) is 0.509. The van der Waals surface area contributed by atoms with E-state index >= 15 is 0 Å². The maximum absolute atomic E-state index is 5.72. The largest absolute Gasteiger partial charge is 0.494 e. The summed E-state index contributed by atoms with van der Waals surface area (Å²) in [4.78, 5) is 4.43. The number of unbranched alkanes of at least 4 members (excludes halogenated alkanes) is 1. The van der Waals surface area contributed by atoms with Crippen LogP contribution in [0.2, 0.25) is 0 Å². The molecule has 1 aromatic carbocycles. The highest BCUT2D eigenvalue weighted by Crippen LogP contribution is 2.17. The van der Waals surface area contributed by atoms with Crippen LogP contribution in [-0.4, -0.2) is 11.6 Å². The fourth-order valence-electron chi connectivity index (χ4n) is 1.62. The Morgan fingerprint density at radius 1 is 1.21 bits per heavy atom. The predicted octanol–water partition coefficient (Wildman–Crippen LogP) is 5.05. The van der Waals surface area contributed by atoms with Crippen LogP contribution in [0.25, 0.3) is 0 Å². The Balaban J connectivity index is 1.63. The molecule has 0 N–H and O–H groups in total. The van der Waals surface area contributed by atoms with Crippen molar-refractivity contribution in [3.05, 3.63) is 44.8 Å². The monoisotopic (exact) mass is 359 g/mol. The lowest BCUT2D eigenvalue weighted by molar-refractivity contribution is 0.307. The third-order valence-corrected chi connectivity index (χ3v) is 4.36. The molecule has 0 atom stereocenters. The van der Waals surface area contributed by atoms with Crippen molar-refractivity contribution in [2.75, 3.05) is 6.61 Å². The van der Waals surface area contributed by atoms with Crippen LogP contribution in [0, 0.1) is 0 Å². The van der Waals surface area contributed by atoms with Crippen LogP contribution in [0.1, 0.15) is 23.5 Å². The number of benzene rings is 1. The SMILES string of the molecule is ClCc1csc(CCCCOc2ccc(Br)cc2)n1. The molecule has 0 bridgehead atoms. The number of hydrogen-bond donors (Lipinski definition) is 0. The molecule has 0 saturated carbocycles. The van der Waals surface area contributed by atoms with E-state index < -0.39 is 0 Å². The zero-order valence-electron chi connectivity index (χ0n) is 10.4. The van der Waals surface area contributed by atoms with E-state index in [0.717, 1.165) is 41.8 Å². The number of alkyl halides is 1. The number of rotatable bonds is 7. The first-order chi connectivity index (χ1) is 9.28. The normalized spacial score (nSPS) is 10.6. The molecular formula is C14H15BrClNOS. The zero-order valence-corrected chi connectivity index (χ0v) is 13.6. The molecule has 1 heterocycles. The van der Waals surface area contributed by atoms with Crippen LogP contribution in [0.5, 0.6) is 5.75 Å². The Kier molecular flexibility index (Phi) is 6.14. The van der Waals surface area contributed by atoms with Crippen molar-refractivity contribution >= 4 is 38.9 Å². The summed E-state index contributed by atoms with van der Waals surface area (Å²) in [5, 5.41) is 3.19. The highest BCUT2D eigenvalue weighted by atomic mass is 79.9. The molecule has 0 amide bonds. The van der Waals surface area contributed by atoms with Crippen LogP contribution in [0.15, 0.2) is 34.1 Å². The van der Waals surface area contributed by atoms with E-state index in [1.54, 1.807) is 11.3 Å². The van der Waals surface area contributed by atoms with Crippen molar-refractivity contribution in [2.24, 2.45) is 0 Å². The topological polar surface area (TPSA) is 22.1 Å². The molecule has 0 aliphatic heterocycles. The van der Waals surface area contributed by atoms with E-state index in [9.17, 15) is 0 Å². The molecule has 0 saturated heterocycles. The van der Waals surface area contributed by atoms with Gasteiger partial charge in [-0.25, -0.2) is 4.98 Å². The molecule has 5 heteroatoms. The number of halogens is 2. The van der Waals surface area contributed by atoms with Crippen molar-refractivity contribution in [3.63, 3.8) is 0 Å². The van der Waals surface area contributed by atoms with E-state index in [-0.39, 0.29) is 0 Å². The van der Waals surface area contributed by atoms with Crippen LogP contribution in [0.4, 0.5) is 0 Å². The summed E-state index contributed by atoms with van der Waals surface area (Å²) >= 11 is 10.8. The summed E-state index contributed by atoms with van der Waals surface area (Å²) in [5.74, 6) is 1.42. The average Bonchev–Trinajstić information content (AvgIpc) is 2.88. The first-order valence-electron chi connectivity index (χ1n) is 6.15. The first-order valence-corrected chi connectivity index (χ1v) is 8.36. The standard InChI is InChI=1S/C14H15BrClNOS/c15-11-4-6-13(7-5-11)18-8-2-1-3-14-17-12(9-16)10-19-14/h4-7,10H,1-3,8-9H2. The molecule has 0 radical (unpaired) electrons. The van der Waals surface area contributed by atoms with E-state index in [4.69, 9.17) is 16.3 Å². The Morgan fingerprint density at radius 3 is 2.68 bits per heavy atom. The summed E-state index contributed by atoms with van der Waals surface area (Å²) in [6, 6.07) is 7.91. The van der Waals surface area contributed by atoms with Gasteiger partial charge in [-0.2, -0.15) is 0 Å². The van der Waals surface area contributed by atoms with Gasteiger partial charge in [-0.15, -0.1) is 22.9 Å². The minimum Gasteiger partial charge on any atom is -0.494 e. The lowest BCUT2D eigenvalue weighted by atomic mass is 10.2. The molecule has 2 rings (SSSR count). The number of ether oxygens (including phenoxy) is 1. The van der Waals surface area contributed by atoms with Crippen LogP contribution in [0.3, 0.4) is 0 Å². The molecule has 0 fully saturated rings. The minimum absolute atomic E-state index is 0.503. The van der Waals surface area contributed by atoms with Gasteiger partial charge in [0.25, 0.3) is 0 Å². The van der Waals surface area contributed by atoms with Gasteiger partial charge in [0.2, 0.25) is 0 Å². The van der Waals surface area contributed by atoms with E-state index in [1.807, 2.05) is 29.6 Å². The van der Waals surface area contributed by atoms with E-state index in [0.29, 0.717) is 5.88 Å². The smallest absolute Gasteiger partial charge is 0.119 e. The van der Waals surface area contributed by atoms with Gasteiger partial charge in [0.05, 0.1) is 23.2 Å². The number of thiazole rings is 1. The second kappa shape index (κ2) is 7.88. The number of nitrogens with zero attached hydrogens (tertiary/aromatic N) is 1. The molecule has 0 spiro atoms. The molecule has 2 nitrogen and oxygen atoms in total. The fraction of sp³-hybridized carbons (Fsp3) is 0.357. The Bertz CT molecular complexity index is 500. The van der Waals surface area contributed by atoms with Crippen molar-refractivity contribution in [2.45, 2.75) is 25.1 Å². The molecule has 1 aromatic heterocycles. The van der Waals surface area contributed by atoms with Gasteiger partial charge >= 0.3 is 0 Å². The third-order valence-electron chi connectivity index (χ3n) is 2.60. The lowest BCUT2D eigenvalue weighted by Crippen LogP contribution is -1.98. The van der Waals surface area contributed by atoms with E-state index in [2.05, 4.69) is 20.9 Å². The minimum atomic E-state index is 0.503. The molecule has 19 heavy (non-hydrogen) atoms. The van der Waals surface area contributed by atoms with Crippen LogP contribution in [-0.2, 0) is 12.3 Å². The maximum Gasteiger partial charge on any atom is 0.119 e. The number of aromatic nitrogens is 1. The van der Waals surface area contributed by atoms with Crippen molar-refractivity contribution in [3.8, 4) is 5.75 Å². The maximum atomic E-state index is 5.72. The summed E-state index contributed by atoms with van der Waals surface area (Å²) in [5.41, 5.74) is 0.979. The summed E-state index contributed by atoms with van der Waals surface area (Å²) in [6.45, 7) is 0.745. The Labute approximate surface area is 130 Å². The molecule has 102 valence electrons. The van der Waals surface area contributed by atoms with Crippen LogP contribution < -0.4 is 4.74 Å². The molecular weight excluding hydrogens is 346 g/mol. The highest BCUT2D eigenvalue weighted by Gasteiger charge is 2.01. The van der Waals surface area contributed by atoms with Gasteiger partial charge in [-0.1, -0.05) is 15.9 Å². The van der Waals surface area contributed by atoms with Crippen LogP contribution >= 0.6 is 38.9 Å².